The third-order valence-electron chi connectivity index (χ3n) is 2.92. The van der Waals surface area contributed by atoms with Crippen molar-refractivity contribution in [3.05, 3.63) is 34.8 Å². The Morgan fingerprint density at radius 3 is 2.91 bits per heavy atom. The Morgan fingerprint density at radius 1 is 1.32 bits per heavy atom. The van der Waals surface area contributed by atoms with Crippen molar-refractivity contribution < 1.29 is 14.3 Å². The minimum Gasteiger partial charge on any atom is -0.496 e. The topological polar surface area (TPSA) is 73.3 Å². The predicted octanol–water partition coefficient (Wildman–Crippen LogP) is 2.50. The van der Waals surface area contributed by atoms with Gasteiger partial charge in [-0.05, 0) is 13.0 Å². The van der Waals surface area contributed by atoms with Crippen LogP contribution in [0.3, 0.4) is 0 Å². The number of hydrogen-bond acceptors (Lipinski definition) is 6. The Morgan fingerprint density at radius 2 is 2.14 bits per heavy atom. The van der Waals surface area contributed by atoms with E-state index in [0.29, 0.717) is 31.2 Å². The summed E-state index contributed by atoms with van der Waals surface area (Å²) in [6.07, 6.45) is 0.936. The molecule has 0 atom stereocenters. The van der Waals surface area contributed by atoms with Gasteiger partial charge in [0.15, 0.2) is 0 Å². The van der Waals surface area contributed by atoms with Crippen molar-refractivity contribution >= 4 is 22.4 Å². The molecule has 22 heavy (non-hydrogen) atoms. The highest BCUT2D eigenvalue weighted by atomic mass is 32.1. The van der Waals surface area contributed by atoms with Crippen molar-refractivity contribution in [2.75, 3.05) is 25.6 Å². The van der Waals surface area contributed by atoms with Crippen LogP contribution in [0.25, 0.3) is 0 Å². The molecule has 0 radical (unpaired) electrons. The van der Waals surface area contributed by atoms with Gasteiger partial charge in [0.05, 0.1) is 20.1 Å². The highest BCUT2D eigenvalue weighted by Gasteiger charge is 2.10. The van der Waals surface area contributed by atoms with Gasteiger partial charge in [-0.3, -0.25) is 4.79 Å². The highest BCUT2D eigenvalue weighted by molar-refractivity contribution is 7.15. The Bertz CT molecular complexity index is 616. The van der Waals surface area contributed by atoms with E-state index in [4.69, 9.17) is 9.47 Å². The van der Waals surface area contributed by atoms with Gasteiger partial charge in [-0.2, -0.15) is 0 Å². The number of hydrogen-bond donors (Lipinski definition) is 1. The van der Waals surface area contributed by atoms with E-state index in [-0.39, 0.29) is 5.91 Å². The summed E-state index contributed by atoms with van der Waals surface area (Å²) in [5.41, 5.74) is 1.04. The molecule has 0 aliphatic carbocycles. The number of ether oxygens (including phenoxy) is 2. The smallest absolute Gasteiger partial charge is 0.228 e. The molecule has 6 nitrogen and oxygen atoms in total. The summed E-state index contributed by atoms with van der Waals surface area (Å²) in [4.78, 5) is 11.7. The summed E-state index contributed by atoms with van der Waals surface area (Å²) in [7, 11) is 1.64. The van der Waals surface area contributed by atoms with Gasteiger partial charge in [-0.1, -0.05) is 29.5 Å². The number of carbonyl (C=O) groups is 1. The summed E-state index contributed by atoms with van der Waals surface area (Å²) < 4.78 is 10.5. The third-order valence-corrected chi connectivity index (χ3v) is 3.76. The van der Waals surface area contributed by atoms with Crippen LogP contribution in [0.15, 0.2) is 24.3 Å². The number of para-hydroxylation sites is 1. The van der Waals surface area contributed by atoms with Crippen LogP contribution in [0.2, 0.25) is 0 Å². The fraction of sp³-hybridized carbons (Fsp3) is 0.400. The van der Waals surface area contributed by atoms with Crippen molar-refractivity contribution in [1.82, 2.24) is 10.2 Å². The normalized spacial score (nSPS) is 10.5. The van der Waals surface area contributed by atoms with E-state index in [1.54, 1.807) is 7.11 Å². The molecule has 1 aromatic carbocycles. The van der Waals surface area contributed by atoms with Crippen LogP contribution < -0.4 is 10.1 Å². The molecule has 0 aliphatic heterocycles. The maximum Gasteiger partial charge on any atom is 0.228 e. The fourth-order valence-corrected chi connectivity index (χ4v) is 2.66. The summed E-state index contributed by atoms with van der Waals surface area (Å²) >= 11 is 1.36. The Hall–Kier alpha value is -1.99. The lowest BCUT2D eigenvalue weighted by atomic mass is 10.1. The number of aromatic nitrogens is 2. The molecular formula is C15H19N3O3S. The first kappa shape index (κ1) is 16.4. The molecule has 2 rings (SSSR count). The van der Waals surface area contributed by atoms with Crippen LogP contribution in [0.5, 0.6) is 5.75 Å². The van der Waals surface area contributed by atoms with E-state index < -0.39 is 0 Å². The molecule has 1 heterocycles. The van der Waals surface area contributed by atoms with Crippen LogP contribution in [0, 0.1) is 0 Å². The van der Waals surface area contributed by atoms with Crippen LogP contribution in [0.4, 0.5) is 5.13 Å². The lowest BCUT2D eigenvalue weighted by molar-refractivity contribution is -0.117. The largest absolute Gasteiger partial charge is 0.496 e. The van der Waals surface area contributed by atoms with Gasteiger partial charge in [0.1, 0.15) is 10.8 Å². The average Bonchev–Trinajstić information content (AvgIpc) is 2.95. The van der Waals surface area contributed by atoms with Crippen LogP contribution in [-0.4, -0.2) is 36.4 Å². The van der Waals surface area contributed by atoms with E-state index in [0.717, 1.165) is 16.3 Å². The quantitative estimate of drug-likeness (QED) is 0.756. The Labute approximate surface area is 133 Å². The van der Waals surface area contributed by atoms with Crippen molar-refractivity contribution in [3.8, 4) is 5.75 Å². The first-order valence-electron chi connectivity index (χ1n) is 7.04. The van der Waals surface area contributed by atoms with Gasteiger partial charge in [0.25, 0.3) is 0 Å². The lowest BCUT2D eigenvalue weighted by Crippen LogP contribution is -2.13. The lowest BCUT2D eigenvalue weighted by Gasteiger charge is -2.05. The maximum atomic E-state index is 11.7. The number of rotatable bonds is 8. The second-order valence-corrected chi connectivity index (χ2v) is 5.55. The number of amides is 1. The average molecular weight is 321 g/mol. The van der Waals surface area contributed by atoms with E-state index in [1.165, 1.54) is 11.3 Å². The van der Waals surface area contributed by atoms with Gasteiger partial charge < -0.3 is 14.8 Å². The third kappa shape index (κ3) is 4.78. The molecule has 0 unspecified atom stereocenters. The monoisotopic (exact) mass is 321 g/mol. The zero-order chi connectivity index (χ0) is 15.8. The molecule has 0 aliphatic rings. The van der Waals surface area contributed by atoms with Crippen LogP contribution >= 0.6 is 11.3 Å². The minimum absolute atomic E-state index is 0.117. The zero-order valence-corrected chi connectivity index (χ0v) is 13.5. The highest BCUT2D eigenvalue weighted by Crippen LogP contribution is 2.24. The maximum absolute atomic E-state index is 11.7. The summed E-state index contributed by atoms with van der Waals surface area (Å²) in [6, 6.07) is 7.77. The standard InChI is InChI=1S/C15H19N3O3S/c1-3-21-9-8-13(19)16-15-18-17-14(22-15)10-11-6-4-5-7-12(11)20-2/h4-7H,3,8-10H2,1-2H3,(H,16,18,19). The number of nitrogens with zero attached hydrogens (tertiary/aromatic N) is 2. The fourth-order valence-electron chi connectivity index (χ4n) is 1.88. The molecule has 1 N–H and O–H groups in total. The first-order chi connectivity index (χ1) is 10.7. The van der Waals surface area contributed by atoms with Crippen molar-refractivity contribution in [1.29, 1.82) is 0 Å². The molecule has 0 bridgehead atoms. The minimum atomic E-state index is -0.117. The Balaban J connectivity index is 1.92. The van der Waals surface area contributed by atoms with Crippen molar-refractivity contribution in [2.24, 2.45) is 0 Å². The SMILES string of the molecule is CCOCCC(=O)Nc1nnc(Cc2ccccc2OC)s1. The molecule has 118 valence electrons. The molecule has 2 aromatic rings. The molecule has 7 heteroatoms. The number of nitrogens with one attached hydrogen (secondary N) is 1. The Kier molecular flexibility index (Phi) is 6.29. The number of methoxy groups -OCH3 is 1. The van der Waals surface area contributed by atoms with Crippen LogP contribution in [-0.2, 0) is 16.0 Å². The van der Waals surface area contributed by atoms with Gasteiger partial charge >= 0.3 is 0 Å². The molecule has 0 fully saturated rings. The van der Waals surface area contributed by atoms with Gasteiger partial charge in [0.2, 0.25) is 11.0 Å². The molecule has 0 spiro atoms. The number of benzene rings is 1. The van der Waals surface area contributed by atoms with Crippen molar-refractivity contribution in [2.45, 2.75) is 19.8 Å². The van der Waals surface area contributed by atoms with Gasteiger partial charge in [-0.25, -0.2) is 0 Å². The summed E-state index contributed by atoms with van der Waals surface area (Å²) in [5, 5.41) is 12.2. The van der Waals surface area contributed by atoms with Crippen LogP contribution in [0.1, 0.15) is 23.9 Å². The molecular weight excluding hydrogens is 302 g/mol. The number of anilines is 1. The van der Waals surface area contributed by atoms with Gasteiger partial charge in [-0.15, -0.1) is 10.2 Å². The van der Waals surface area contributed by atoms with E-state index in [2.05, 4.69) is 15.5 Å². The molecule has 0 saturated heterocycles. The summed E-state index contributed by atoms with van der Waals surface area (Å²) in [6.45, 7) is 2.91. The number of carbonyl (C=O) groups excluding carboxylic acids is 1. The van der Waals surface area contributed by atoms with E-state index in [9.17, 15) is 4.79 Å². The van der Waals surface area contributed by atoms with E-state index in [1.807, 2.05) is 31.2 Å². The predicted molar refractivity (Wildman–Crippen MR) is 85.4 cm³/mol. The first-order valence-corrected chi connectivity index (χ1v) is 7.86. The second kappa shape index (κ2) is 8.45. The second-order valence-electron chi connectivity index (χ2n) is 4.48. The van der Waals surface area contributed by atoms with Crippen molar-refractivity contribution in [3.63, 3.8) is 0 Å². The van der Waals surface area contributed by atoms with Gasteiger partial charge in [0, 0.05) is 18.6 Å². The summed E-state index contributed by atoms with van der Waals surface area (Å²) in [5.74, 6) is 0.702. The molecule has 0 saturated carbocycles. The zero-order valence-electron chi connectivity index (χ0n) is 12.7. The molecule has 1 aromatic heterocycles. The molecule has 1 amide bonds. The van der Waals surface area contributed by atoms with E-state index >= 15 is 0 Å².